The zero-order valence-electron chi connectivity index (χ0n) is 14.4. The van der Waals surface area contributed by atoms with Crippen LogP contribution in [-0.4, -0.2) is 34.3 Å². The molecule has 0 atom stereocenters. The van der Waals surface area contributed by atoms with Crippen LogP contribution in [0.5, 0.6) is 5.75 Å². The molecule has 0 spiro atoms. The number of nitrogens with zero attached hydrogens (tertiary/aromatic N) is 3. The van der Waals surface area contributed by atoms with E-state index in [-0.39, 0.29) is 18.1 Å². The van der Waals surface area contributed by atoms with E-state index in [1.807, 2.05) is 6.20 Å². The summed E-state index contributed by atoms with van der Waals surface area (Å²) in [5, 5.41) is 7.88. The second-order valence-electron chi connectivity index (χ2n) is 5.85. The Morgan fingerprint density at radius 3 is 2.85 bits per heavy atom. The van der Waals surface area contributed by atoms with Gasteiger partial charge in [0.05, 0.1) is 24.2 Å². The van der Waals surface area contributed by atoms with E-state index in [0.717, 1.165) is 16.5 Å². The molecular formula is C18H18F2N4O2. The molecule has 0 unspecified atom stereocenters. The van der Waals surface area contributed by atoms with E-state index in [0.29, 0.717) is 17.8 Å². The van der Waals surface area contributed by atoms with Gasteiger partial charge in [0.15, 0.2) is 0 Å². The number of nitrogens with one attached hydrogen (secondary N) is 1. The SMILES string of the molecule is CNC(=O)Cc1nccc2nn(Cc3ccc(OC(F)F)c(C)c3)cc12. The Morgan fingerprint density at radius 2 is 2.15 bits per heavy atom. The van der Waals surface area contributed by atoms with Crippen LogP contribution in [0.1, 0.15) is 16.8 Å². The van der Waals surface area contributed by atoms with Crippen molar-refractivity contribution in [3.05, 3.63) is 53.5 Å². The number of pyridine rings is 1. The fraction of sp³-hybridized carbons (Fsp3) is 0.278. The number of aryl methyl sites for hydroxylation is 1. The zero-order valence-corrected chi connectivity index (χ0v) is 14.4. The zero-order chi connectivity index (χ0) is 18.7. The van der Waals surface area contributed by atoms with Crippen LogP contribution in [0.3, 0.4) is 0 Å². The van der Waals surface area contributed by atoms with Gasteiger partial charge in [-0.15, -0.1) is 0 Å². The van der Waals surface area contributed by atoms with Crippen LogP contribution in [0.4, 0.5) is 8.78 Å². The summed E-state index contributed by atoms with van der Waals surface area (Å²) in [7, 11) is 1.58. The molecule has 2 heterocycles. The van der Waals surface area contributed by atoms with Gasteiger partial charge in [0, 0.05) is 24.8 Å². The Bertz CT molecular complexity index is 940. The van der Waals surface area contributed by atoms with Crippen molar-refractivity contribution in [1.82, 2.24) is 20.1 Å². The van der Waals surface area contributed by atoms with Crippen molar-refractivity contribution in [2.45, 2.75) is 26.5 Å². The number of hydrogen-bond acceptors (Lipinski definition) is 4. The van der Waals surface area contributed by atoms with Gasteiger partial charge in [0.1, 0.15) is 5.75 Å². The lowest BCUT2D eigenvalue weighted by Crippen LogP contribution is -2.20. The number of carbonyl (C=O) groups is 1. The first-order valence-corrected chi connectivity index (χ1v) is 8.02. The van der Waals surface area contributed by atoms with Crippen LogP contribution in [0.2, 0.25) is 0 Å². The first kappa shape index (κ1) is 17.8. The summed E-state index contributed by atoms with van der Waals surface area (Å²) in [6.45, 7) is -0.669. The lowest BCUT2D eigenvalue weighted by Gasteiger charge is -2.09. The molecule has 3 aromatic rings. The number of halogens is 2. The van der Waals surface area contributed by atoms with Gasteiger partial charge in [-0.05, 0) is 30.2 Å². The Kier molecular flexibility index (Phi) is 5.11. The Labute approximate surface area is 148 Å². The molecule has 0 radical (unpaired) electrons. The maximum Gasteiger partial charge on any atom is 0.387 e. The number of carbonyl (C=O) groups excluding carboxylic acids is 1. The molecule has 0 aliphatic carbocycles. The van der Waals surface area contributed by atoms with Crippen molar-refractivity contribution in [1.29, 1.82) is 0 Å². The normalized spacial score (nSPS) is 11.1. The third-order valence-corrected chi connectivity index (χ3v) is 3.97. The fourth-order valence-corrected chi connectivity index (χ4v) is 2.74. The minimum atomic E-state index is -2.85. The third kappa shape index (κ3) is 3.96. The number of rotatable bonds is 6. The van der Waals surface area contributed by atoms with Crippen molar-refractivity contribution >= 4 is 16.8 Å². The molecule has 6 nitrogen and oxygen atoms in total. The monoisotopic (exact) mass is 360 g/mol. The number of likely N-dealkylation sites (N-methyl/N-ethyl adjacent to an activating group) is 1. The lowest BCUT2D eigenvalue weighted by atomic mass is 10.1. The van der Waals surface area contributed by atoms with Crippen LogP contribution >= 0.6 is 0 Å². The smallest absolute Gasteiger partial charge is 0.387 e. The third-order valence-electron chi connectivity index (χ3n) is 3.97. The largest absolute Gasteiger partial charge is 0.435 e. The van der Waals surface area contributed by atoms with Gasteiger partial charge in [-0.2, -0.15) is 13.9 Å². The van der Waals surface area contributed by atoms with Crippen molar-refractivity contribution in [2.75, 3.05) is 7.05 Å². The van der Waals surface area contributed by atoms with E-state index in [2.05, 4.69) is 20.1 Å². The van der Waals surface area contributed by atoms with E-state index >= 15 is 0 Å². The molecule has 0 aliphatic heterocycles. The topological polar surface area (TPSA) is 69.0 Å². The van der Waals surface area contributed by atoms with Crippen LogP contribution in [0.25, 0.3) is 10.9 Å². The number of ether oxygens (including phenoxy) is 1. The molecule has 1 aromatic carbocycles. The highest BCUT2D eigenvalue weighted by Gasteiger charge is 2.12. The van der Waals surface area contributed by atoms with Gasteiger partial charge in [-0.3, -0.25) is 14.5 Å². The second kappa shape index (κ2) is 7.47. The van der Waals surface area contributed by atoms with E-state index in [9.17, 15) is 13.6 Å². The molecule has 136 valence electrons. The van der Waals surface area contributed by atoms with Gasteiger partial charge in [0.2, 0.25) is 5.91 Å². The number of alkyl halides is 2. The Morgan fingerprint density at radius 1 is 1.35 bits per heavy atom. The molecule has 1 N–H and O–H groups in total. The van der Waals surface area contributed by atoms with Gasteiger partial charge in [-0.1, -0.05) is 12.1 Å². The maximum absolute atomic E-state index is 12.3. The highest BCUT2D eigenvalue weighted by molar-refractivity contribution is 5.86. The summed E-state index contributed by atoms with van der Waals surface area (Å²) in [5.74, 6) is 0.0365. The van der Waals surface area contributed by atoms with Crippen molar-refractivity contribution in [3.8, 4) is 5.75 Å². The van der Waals surface area contributed by atoms with Crippen LogP contribution < -0.4 is 10.1 Å². The minimum Gasteiger partial charge on any atom is -0.435 e. The summed E-state index contributed by atoms with van der Waals surface area (Å²) in [6, 6.07) is 6.82. The highest BCUT2D eigenvalue weighted by atomic mass is 19.3. The van der Waals surface area contributed by atoms with E-state index < -0.39 is 6.61 Å². The second-order valence-corrected chi connectivity index (χ2v) is 5.85. The number of aromatic nitrogens is 3. The van der Waals surface area contributed by atoms with Crippen molar-refractivity contribution in [3.63, 3.8) is 0 Å². The van der Waals surface area contributed by atoms with Gasteiger partial charge in [0.25, 0.3) is 0 Å². The summed E-state index contributed by atoms with van der Waals surface area (Å²) >= 11 is 0. The summed E-state index contributed by atoms with van der Waals surface area (Å²) in [6.07, 6.45) is 3.64. The van der Waals surface area contributed by atoms with E-state index in [4.69, 9.17) is 0 Å². The van der Waals surface area contributed by atoms with Crippen molar-refractivity contribution < 1.29 is 18.3 Å². The first-order chi connectivity index (χ1) is 12.5. The van der Waals surface area contributed by atoms with Crippen LogP contribution in [0, 0.1) is 6.92 Å². The van der Waals surface area contributed by atoms with Crippen LogP contribution in [0.15, 0.2) is 36.7 Å². The fourth-order valence-electron chi connectivity index (χ4n) is 2.74. The van der Waals surface area contributed by atoms with Gasteiger partial charge >= 0.3 is 6.61 Å². The number of fused-ring (bicyclic) bond motifs is 1. The maximum atomic E-state index is 12.3. The molecule has 2 aromatic heterocycles. The first-order valence-electron chi connectivity index (χ1n) is 8.02. The van der Waals surface area contributed by atoms with E-state index in [1.54, 1.807) is 43.0 Å². The molecule has 0 fully saturated rings. The molecule has 1 amide bonds. The van der Waals surface area contributed by atoms with Gasteiger partial charge < -0.3 is 10.1 Å². The minimum absolute atomic E-state index is 0.122. The molecule has 0 saturated heterocycles. The van der Waals surface area contributed by atoms with E-state index in [1.165, 1.54) is 6.07 Å². The predicted molar refractivity (Wildman–Crippen MR) is 92.2 cm³/mol. The lowest BCUT2D eigenvalue weighted by molar-refractivity contribution is -0.120. The Hall–Kier alpha value is -3.03. The average molecular weight is 360 g/mol. The standard InChI is InChI=1S/C18H18F2N4O2/c1-11-7-12(3-4-16(11)26-18(19)20)9-24-10-13-14(23-24)5-6-22-15(13)8-17(25)21-2/h3-7,10,18H,8-9H2,1-2H3,(H,21,25). The predicted octanol–water partition coefficient (Wildman–Crippen LogP) is 2.68. The number of hydrogen-bond donors (Lipinski definition) is 1. The molecule has 0 aliphatic rings. The Balaban J connectivity index is 1.84. The van der Waals surface area contributed by atoms with Crippen molar-refractivity contribution in [2.24, 2.45) is 0 Å². The molecule has 8 heteroatoms. The van der Waals surface area contributed by atoms with Gasteiger partial charge in [-0.25, -0.2) is 0 Å². The van der Waals surface area contributed by atoms with Crippen LogP contribution in [-0.2, 0) is 17.8 Å². The molecular weight excluding hydrogens is 342 g/mol. The molecule has 3 rings (SSSR count). The molecule has 0 bridgehead atoms. The molecule has 0 saturated carbocycles. The molecule has 26 heavy (non-hydrogen) atoms. The quantitative estimate of drug-likeness (QED) is 0.734. The number of amides is 1. The average Bonchev–Trinajstić information content (AvgIpc) is 3.00. The summed E-state index contributed by atoms with van der Waals surface area (Å²) in [5.41, 5.74) is 2.93. The number of benzene rings is 1. The highest BCUT2D eigenvalue weighted by Crippen LogP contribution is 2.22. The summed E-state index contributed by atoms with van der Waals surface area (Å²) < 4.78 is 30.9. The summed E-state index contributed by atoms with van der Waals surface area (Å²) in [4.78, 5) is 15.9.